The van der Waals surface area contributed by atoms with Crippen LogP contribution in [-0.4, -0.2) is 39.7 Å². The number of methoxy groups -OCH3 is 3. The van der Waals surface area contributed by atoms with Gasteiger partial charge in [0.05, 0.1) is 39.0 Å². The zero-order chi connectivity index (χ0) is 23.6. The third kappa shape index (κ3) is 4.41. The SMILES string of the molecule is COc1ccc(CN(c2nccs2)S(=O)(=O)c2ccc3c(Cl)ncc(OC)c3c2)c(OC)c1. The number of halogens is 1. The van der Waals surface area contributed by atoms with Crippen LogP contribution in [0, 0.1) is 0 Å². The number of ether oxygens (including phenoxy) is 3. The van der Waals surface area contributed by atoms with Crippen LogP contribution in [0.1, 0.15) is 5.56 Å². The minimum atomic E-state index is -4.02. The summed E-state index contributed by atoms with van der Waals surface area (Å²) in [5.41, 5.74) is 0.655. The number of rotatable bonds is 8. The molecule has 0 fully saturated rings. The molecule has 0 atom stereocenters. The fraction of sp³-hybridized carbons (Fsp3) is 0.182. The van der Waals surface area contributed by atoms with Crippen LogP contribution in [0.4, 0.5) is 5.13 Å². The number of nitrogens with zero attached hydrogens (tertiary/aromatic N) is 3. The van der Waals surface area contributed by atoms with Crippen molar-refractivity contribution in [1.29, 1.82) is 0 Å². The Hall–Kier alpha value is -3.08. The highest BCUT2D eigenvalue weighted by atomic mass is 35.5. The van der Waals surface area contributed by atoms with Crippen molar-refractivity contribution in [3.63, 3.8) is 0 Å². The number of fused-ring (bicyclic) bond motifs is 1. The van der Waals surface area contributed by atoms with Gasteiger partial charge in [0.25, 0.3) is 10.0 Å². The smallest absolute Gasteiger partial charge is 0.266 e. The first-order valence-corrected chi connectivity index (χ1v) is 12.3. The second-order valence-corrected chi connectivity index (χ2v) is 9.92. The summed E-state index contributed by atoms with van der Waals surface area (Å²) in [6, 6.07) is 9.87. The lowest BCUT2D eigenvalue weighted by atomic mass is 10.1. The normalized spacial score (nSPS) is 11.4. The molecule has 0 N–H and O–H groups in total. The van der Waals surface area contributed by atoms with E-state index in [4.69, 9.17) is 25.8 Å². The third-order valence-electron chi connectivity index (χ3n) is 5.02. The van der Waals surface area contributed by atoms with Crippen molar-refractivity contribution >= 4 is 48.9 Å². The molecule has 0 aliphatic heterocycles. The van der Waals surface area contributed by atoms with Crippen molar-refractivity contribution in [2.45, 2.75) is 11.4 Å². The average molecular weight is 506 g/mol. The van der Waals surface area contributed by atoms with Gasteiger partial charge in [-0.15, -0.1) is 11.3 Å². The predicted octanol–water partition coefficient (Wildman–Crippen LogP) is 4.77. The molecule has 0 spiro atoms. The zero-order valence-electron chi connectivity index (χ0n) is 18.0. The fourth-order valence-electron chi connectivity index (χ4n) is 3.34. The average Bonchev–Trinajstić information content (AvgIpc) is 3.37. The number of anilines is 1. The van der Waals surface area contributed by atoms with Crippen LogP contribution in [-0.2, 0) is 16.6 Å². The summed E-state index contributed by atoms with van der Waals surface area (Å²) in [6.45, 7) is 0.00921. The number of pyridine rings is 1. The van der Waals surface area contributed by atoms with Gasteiger partial charge in [-0.2, -0.15) is 0 Å². The molecule has 4 rings (SSSR count). The lowest BCUT2D eigenvalue weighted by molar-refractivity contribution is 0.391. The number of aromatic nitrogens is 2. The van der Waals surface area contributed by atoms with Gasteiger partial charge in [0.2, 0.25) is 0 Å². The van der Waals surface area contributed by atoms with Crippen LogP contribution in [0.25, 0.3) is 10.8 Å². The van der Waals surface area contributed by atoms with Crippen LogP contribution >= 0.6 is 22.9 Å². The van der Waals surface area contributed by atoms with Gasteiger partial charge in [-0.1, -0.05) is 11.6 Å². The van der Waals surface area contributed by atoms with E-state index < -0.39 is 10.0 Å². The fourth-order valence-corrected chi connectivity index (χ4v) is 5.85. The highest BCUT2D eigenvalue weighted by Gasteiger charge is 2.29. The van der Waals surface area contributed by atoms with Gasteiger partial charge >= 0.3 is 0 Å². The number of hydrogen-bond donors (Lipinski definition) is 0. The minimum Gasteiger partial charge on any atom is -0.497 e. The van der Waals surface area contributed by atoms with Crippen LogP contribution in [0.15, 0.2) is 59.1 Å². The largest absolute Gasteiger partial charge is 0.497 e. The van der Waals surface area contributed by atoms with E-state index in [1.165, 1.54) is 48.2 Å². The summed E-state index contributed by atoms with van der Waals surface area (Å²) in [5.74, 6) is 1.53. The van der Waals surface area contributed by atoms with Crippen LogP contribution in [0.3, 0.4) is 0 Å². The summed E-state index contributed by atoms with van der Waals surface area (Å²) < 4.78 is 45.0. The van der Waals surface area contributed by atoms with E-state index in [9.17, 15) is 8.42 Å². The van der Waals surface area contributed by atoms with Gasteiger partial charge in [0, 0.05) is 34.0 Å². The number of benzene rings is 2. The summed E-state index contributed by atoms with van der Waals surface area (Å²) >= 11 is 7.42. The molecule has 172 valence electrons. The zero-order valence-corrected chi connectivity index (χ0v) is 20.4. The van der Waals surface area contributed by atoms with Crippen molar-refractivity contribution in [3.05, 3.63) is 64.9 Å². The molecule has 0 aliphatic rings. The van der Waals surface area contributed by atoms with E-state index in [2.05, 4.69) is 9.97 Å². The van der Waals surface area contributed by atoms with E-state index in [0.29, 0.717) is 38.7 Å². The standard InChI is InChI=1S/C22H20ClN3O5S2/c1-29-15-5-4-14(19(10-15)30-2)13-26(22-24-8-9-32-22)33(27,28)16-6-7-17-18(11-16)20(31-3)12-25-21(17)23/h4-12H,13H2,1-3H3. The van der Waals surface area contributed by atoms with Crippen molar-refractivity contribution in [2.75, 3.05) is 25.6 Å². The molecule has 2 aromatic heterocycles. The highest BCUT2D eigenvalue weighted by Crippen LogP contribution is 2.35. The first-order valence-electron chi connectivity index (χ1n) is 9.64. The number of sulfonamides is 1. The summed E-state index contributed by atoms with van der Waals surface area (Å²) in [6.07, 6.45) is 3.02. The van der Waals surface area contributed by atoms with Crippen molar-refractivity contribution in [1.82, 2.24) is 9.97 Å². The lowest BCUT2D eigenvalue weighted by Gasteiger charge is -2.23. The maximum absolute atomic E-state index is 13.8. The maximum Gasteiger partial charge on any atom is 0.266 e. The van der Waals surface area contributed by atoms with E-state index in [1.807, 2.05) is 0 Å². The van der Waals surface area contributed by atoms with Crippen molar-refractivity contribution < 1.29 is 22.6 Å². The molecule has 0 saturated heterocycles. The Morgan fingerprint density at radius 3 is 2.42 bits per heavy atom. The molecule has 0 radical (unpaired) electrons. The van der Waals surface area contributed by atoms with Crippen LogP contribution in [0.5, 0.6) is 17.2 Å². The van der Waals surface area contributed by atoms with E-state index in [0.717, 1.165) is 0 Å². The Morgan fingerprint density at radius 1 is 0.970 bits per heavy atom. The van der Waals surface area contributed by atoms with Crippen molar-refractivity contribution in [3.8, 4) is 17.2 Å². The molecule has 33 heavy (non-hydrogen) atoms. The Kier molecular flexibility index (Phi) is 6.59. The Balaban J connectivity index is 1.83. The highest BCUT2D eigenvalue weighted by molar-refractivity contribution is 7.93. The van der Waals surface area contributed by atoms with Gasteiger partial charge < -0.3 is 14.2 Å². The van der Waals surface area contributed by atoms with Gasteiger partial charge in [-0.25, -0.2) is 22.7 Å². The van der Waals surface area contributed by atoms with Crippen LogP contribution in [0.2, 0.25) is 5.15 Å². The quantitative estimate of drug-likeness (QED) is 0.319. The first kappa shape index (κ1) is 23.1. The monoisotopic (exact) mass is 505 g/mol. The van der Waals surface area contributed by atoms with Gasteiger partial charge in [0.1, 0.15) is 22.4 Å². The van der Waals surface area contributed by atoms with Gasteiger partial charge in [-0.3, -0.25) is 0 Å². The molecular formula is C22H20ClN3O5S2. The number of hydrogen-bond acceptors (Lipinski definition) is 8. The Morgan fingerprint density at radius 2 is 1.76 bits per heavy atom. The van der Waals surface area contributed by atoms with Gasteiger partial charge in [-0.05, 0) is 30.3 Å². The molecule has 4 aromatic rings. The van der Waals surface area contributed by atoms with E-state index >= 15 is 0 Å². The Labute approximate surface area is 200 Å². The van der Waals surface area contributed by atoms with Crippen molar-refractivity contribution in [2.24, 2.45) is 0 Å². The molecule has 0 aliphatic carbocycles. The third-order valence-corrected chi connectivity index (χ3v) is 7.97. The molecule has 0 unspecified atom stereocenters. The summed E-state index contributed by atoms with van der Waals surface area (Å²) in [7, 11) is 0.547. The van der Waals surface area contributed by atoms with Crippen LogP contribution < -0.4 is 18.5 Å². The second-order valence-electron chi connectivity index (χ2n) is 6.83. The second kappa shape index (κ2) is 9.42. The van der Waals surface area contributed by atoms with Gasteiger partial charge in [0.15, 0.2) is 5.13 Å². The summed E-state index contributed by atoms with van der Waals surface area (Å²) in [5, 5.41) is 3.44. The molecular weight excluding hydrogens is 486 g/mol. The molecule has 0 amide bonds. The molecule has 11 heteroatoms. The molecule has 0 bridgehead atoms. The van der Waals surface area contributed by atoms with E-state index in [-0.39, 0.29) is 16.6 Å². The topological polar surface area (TPSA) is 90.9 Å². The molecule has 8 nitrogen and oxygen atoms in total. The molecule has 2 aromatic carbocycles. The predicted molar refractivity (Wildman–Crippen MR) is 128 cm³/mol. The lowest BCUT2D eigenvalue weighted by Crippen LogP contribution is -2.30. The Bertz CT molecular complexity index is 1390. The molecule has 0 saturated carbocycles. The number of thiazole rings is 1. The molecule has 2 heterocycles. The van der Waals surface area contributed by atoms with E-state index in [1.54, 1.807) is 43.0 Å². The summed E-state index contributed by atoms with van der Waals surface area (Å²) in [4.78, 5) is 8.40. The maximum atomic E-state index is 13.8. The minimum absolute atomic E-state index is 0.00921. The first-order chi connectivity index (χ1) is 15.9.